The van der Waals surface area contributed by atoms with Gasteiger partial charge in [0.25, 0.3) is 0 Å². The van der Waals surface area contributed by atoms with Crippen LogP contribution in [-0.2, 0) is 12.1 Å². The van der Waals surface area contributed by atoms with Crippen molar-refractivity contribution in [2.45, 2.75) is 25.9 Å². The lowest BCUT2D eigenvalue weighted by Gasteiger charge is -2.14. The van der Waals surface area contributed by atoms with Crippen molar-refractivity contribution in [3.05, 3.63) is 33.6 Å². The van der Waals surface area contributed by atoms with Crippen LogP contribution in [0.3, 0.4) is 0 Å². The van der Waals surface area contributed by atoms with Crippen LogP contribution >= 0.6 is 11.6 Å². The molecule has 0 aliphatic rings. The third kappa shape index (κ3) is 2.32. The van der Waals surface area contributed by atoms with E-state index in [0.717, 1.165) is 5.39 Å². The predicted molar refractivity (Wildman–Crippen MR) is 70.3 cm³/mol. The van der Waals surface area contributed by atoms with Crippen LogP contribution in [0.4, 0.5) is 0 Å². The van der Waals surface area contributed by atoms with Gasteiger partial charge in [-0.1, -0.05) is 16.7 Å². The molecule has 7 nitrogen and oxygen atoms in total. The van der Waals surface area contributed by atoms with Crippen LogP contribution in [0.5, 0.6) is 0 Å². The van der Waals surface area contributed by atoms with Crippen LogP contribution in [0, 0.1) is 11.3 Å². The molecule has 8 heteroatoms. The Morgan fingerprint density at radius 2 is 2.37 bits per heavy atom. The van der Waals surface area contributed by atoms with Crippen molar-refractivity contribution < 1.29 is 0 Å². The van der Waals surface area contributed by atoms with Gasteiger partial charge in [0.1, 0.15) is 11.7 Å². The SMILES string of the molecule is CC(C)(N=[N+]=[N-])c1nn(CC#N)c2cnc(Cl)cc12. The van der Waals surface area contributed by atoms with Crippen LogP contribution in [-0.4, -0.2) is 14.8 Å². The maximum atomic E-state index is 8.81. The van der Waals surface area contributed by atoms with Gasteiger partial charge in [-0.15, -0.1) is 0 Å². The molecule has 0 radical (unpaired) electrons. The summed E-state index contributed by atoms with van der Waals surface area (Å²) in [5, 5.41) is 17.9. The number of azide groups is 1. The van der Waals surface area contributed by atoms with Gasteiger partial charge >= 0.3 is 0 Å². The van der Waals surface area contributed by atoms with E-state index in [1.807, 2.05) is 6.07 Å². The summed E-state index contributed by atoms with van der Waals surface area (Å²) in [6.45, 7) is 3.59. The lowest BCUT2D eigenvalue weighted by Crippen LogP contribution is -2.14. The molecule has 0 aliphatic carbocycles. The normalized spacial score (nSPS) is 11.1. The molecular weight excluding hydrogens is 266 g/mol. The van der Waals surface area contributed by atoms with Gasteiger partial charge in [0.2, 0.25) is 0 Å². The molecular formula is C11H10ClN7. The Kier molecular flexibility index (Phi) is 3.30. The number of pyridine rings is 1. The molecule has 0 unspecified atom stereocenters. The van der Waals surface area contributed by atoms with Gasteiger partial charge in [-0.2, -0.15) is 10.4 Å². The van der Waals surface area contributed by atoms with Crippen molar-refractivity contribution in [3.63, 3.8) is 0 Å². The number of rotatable bonds is 3. The number of halogens is 1. The summed E-state index contributed by atoms with van der Waals surface area (Å²) in [6, 6.07) is 3.68. The molecule has 2 aromatic rings. The molecule has 0 saturated carbocycles. The number of hydrogen-bond donors (Lipinski definition) is 0. The first kappa shape index (κ1) is 13.1. The van der Waals surface area contributed by atoms with Gasteiger partial charge in [0.05, 0.1) is 29.0 Å². The van der Waals surface area contributed by atoms with Crippen LogP contribution in [0.15, 0.2) is 17.4 Å². The molecule has 2 aromatic heterocycles. The molecule has 0 fully saturated rings. The fraction of sp³-hybridized carbons (Fsp3) is 0.364. The molecule has 0 atom stereocenters. The summed E-state index contributed by atoms with van der Waals surface area (Å²) < 4.78 is 1.52. The van der Waals surface area contributed by atoms with Gasteiger partial charge in [-0.25, -0.2) is 9.67 Å². The summed E-state index contributed by atoms with van der Waals surface area (Å²) in [5.41, 5.74) is 9.05. The van der Waals surface area contributed by atoms with Crippen LogP contribution in [0.2, 0.25) is 5.15 Å². The van der Waals surface area contributed by atoms with Crippen LogP contribution in [0.1, 0.15) is 19.5 Å². The fourth-order valence-corrected chi connectivity index (χ4v) is 2.00. The first-order chi connectivity index (χ1) is 8.99. The Hall–Kier alpha value is -2.29. The highest BCUT2D eigenvalue weighted by Crippen LogP contribution is 2.31. The maximum Gasteiger partial charge on any atom is 0.129 e. The minimum atomic E-state index is -0.835. The summed E-state index contributed by atoms with van der Waals surface area (Å²) in [6.07, 6.45) is 1.55. The number of hydrogen-bond acceptors (Lipinski definition) is 4. The molecule has 2 heterocycles. The molecule has 2 rings (SSSR count). The Bertz CT molecular complexity index is 718. The molecule has 0 aliphatic heterocycles. The van der Waals surface area contributed by atoms with E-state index in [1.54, 1.807) is 26.1 Å². The minimum Gasteiger partial charge on any atom is -0.249 e. The van der Waals surface area contributed by atoms with Crippen LogP contribution < -0.4 is 0 Å². The second-order valence-corrected chi connectivity index (χ2v) is 4.82. The van der Waals surface area contributed by atoms with E-state index in [-0.39, 0.29) is 6.54 Å². The summed E-state index contributed by atoms with van der Waals surface area (Å²) >= 11 is 5.89. The summed E-state index contributed by atoms with van der Waals surface area (Å²) in [5.74, 6) is 0. The van der Waals surface area contributed by atoms with Crippen molar-refractivity contribution in [2.24, 2.45) is 5.11 Å². The van der Waals surface area contributed by atoms with Gasteiger partial charge in [-0.05, 0) is 25.4 Å². The average molecular weight is 276 g/mol. The van der Waals surface area contributed by atoms with Crippen molar-refractivity contribution in [2.75, 3.05) is 0 Å². The van der Waals surface area contributed by atoms with E-state index in [9.17, 15) is 0 Å². The highest BCUT2D eigenvalue weighted by Gasteiger charge is 2.26. The predicted octanol–water partition coefficient (Wildman–Crippen LogP) is 3.15. The van der Waals surface area contributed by atoms with Gasteiger partial charge < -0.3 is 0 Å². The number of aromatic nitrogens is 3. The van der Waals surface area contributed by atoms with Crippen LogP contribution in [0.25, 0.3) is 21.3 Å². The first-order valence-electron chi connectivity index (χ1n) is 5.45. The highest BCUT2D eigenvalue weighted by molar-refractivity contribution is 6.30. The Labute approximate surface area is 114 Å². The first-order valence-corrected chi connectivity index (χ1v) is 5.83. The lowest BCUT2D eigenvalue weighted by atomic mass is 9.99. The zero-order chi connectivity index (χ0) is 14.0. The van der Waals surface area contributed by atoms with E-state index in [1.165, 1.54) is 4.68 Å². The monoisotopic (exact) mass is 275 g/mol. The molecule has 0 aromatic carbocycles. The van der Waals surface area contributed by atoms with Gasteiger partial charge in [0.15, 0.2) is 0 Å². The van der Waals surface area contributed by atoms with E-state index in [4.69, 9.17) is 22.4 Å². The van der Waals surface area contributed by atoms with Gasteiger partial charge in [-0.3, -0.25) is 0 Å². The minimum absolute atomic E-state index is 0.0894. The van der Waals surface area contributed by atoms with E-state index < -0.39 is 5.54 Å². The maximum absolute atomic E-state index is 8.81. The average Bonchev–Trinajstić information content (AvgIpc) is 2.68. The molecule has 0 N–H and O–H groups in total. The fourth-order valence-electron chi connectivity index (χ4n) is 1.85. The largest absolute Gasteiger partial charge is 0.249 e. The number of fused-ring (bicyclic) bond motifs is 1. The van der Waals surface area contributed by atoms with Crippen molar-refractivity contribution >= 4 is 22.5 Å². The Morgan fingerprint density at radius 3 is 3.00 bits per heavy atom. The zero-order valence-electron chi connectivity index (χ0n) is 10.4. The van der Waals surface area contributed by atoms with E-state index in [2.05, 4.69) is 20.1 Å². The Morgan fingerprint density at radius 1 is 1.63 bits per heavy atom. The topological polar surface area (TPSA) is 103 Å². The van der Waals surface area contributed by atoms with Crippen molar-refractivity contribution in [3.8, 4) is 6.07 Å². The van der Waals surface area contributed by atoms with E-state index in [0.29, 0.717) is 16.4 Å². The van der Waals surface area contributed by atoms with E-state index >= 15 is 0 Å². The number of nitriles is 1. The van der Waals surface area contributed by atoms with Gasteiger partial charge in [0, 0.05) is 10.3 Å². The molecule has 19 heavy (non-hydrogen) atoms. The van der Waals surface area contributed by atoms with Crippen molar-refractivity contribution in [1.29, 1.82) is 5.26 Å². The Balaban J connectivity index is 2.77. The second-order valence-electron chi connectivity index (χ2n) is 4.44. The molecule has 0 spiro atoms. The third-order valence-corrected chi connectivity index (χ3v) is 2.90. The molecule has 96 valence electrons. The lowest BCUT2D eigenvalue weighted by molar-refractivity contribution is 0.521. The summed E-state index contributed by atoms with van der Waals surface area (Å²) in [4.78, 5) is 6.81. The molecule has 0 amide bonds. The quantitative estimate of drug-likeness (QED) is 0.372. The smallest absolute Gasteiger partial charge is 0.129 e. The van der Waals surface area contributed by atoms with Crippen molar-refractivity contribution in [1.82, 2.24) is 14.8 Å². The zero-order valence-corrected chi connectivity index (χ0v) is 11.1. The molecule has 0 bridgehead atoms. The standard InChI is InChI=1S/C11H10ClN7/c1-11(2,17-18-14)10-7-5-9(12)15-6-8(7)19(16-10)4-3-13/h5-6H,4H2,1-2H3. The number of nitrogens with zero attached hydrogens (tertiary/aromatic N) is 7. The molecule has 0 saturated heterocycles. The second kappa shape index (κ2) is 4.76. The third-order valence-electron chi connectivity index (χ3n) is 2.70. The highest BCUT2D eigenvalue weighted by atomic mass is 35.5. The summed E-state index contributed by atoms with van der Waals surface area (Å²) in [7, 11) is 0.